The number of nitrogens with zero attached hydrogens (tertiary/aromatic N) is 4. The molecule has 2 aromatic carbocycles. The summed E-state index contributed by atoms with van der Waals surface area (Å²) in [6, 6.07) is 8.86. The lowest BCUT2D eigenvalue weighted by Gasteiger charge is -2.20. The molecule has 0 fully saturated rings. The van der Waals surface area contributed by atoms with E-state index in [1.165, 1.54) is 18.3 Å². The van der Waals surface area contributed by atoms with Crippen molar-refractivity contribution in [1.29, 1.82) is 0 Å². The molecule has 1 aromatic heterocycles. The predicted molar refractivity (Wildman–Crippen MR) is 137 cm³/mol. The summed E-state index contributed by atoms with van der Waals surface area (Å²) in [6.45, 7) is 4.97. The number of hydrazone groups is 1. The molecule has 0 spiro atoms. The van der Waals surface area contributed by atoms with Crippen LogP contribution in [0.4, 0.5) is 17.1 Å². The zero-order valence-electron chi connectivity index (χ0n) is 20.8. The van der Waals surface area contributed by atoms with Crippen LogP contribution in [0.25, 0.3) is 11.3 Å². The van der Waals surface area contributed by atoms with Crippen molar-refractivity contribution in [2.45, 2.75) is 26.8 Å². The van der Waals surface area contributed by atoms with Gasteiger partial charge in [0.25, 0.3) is 28.9 Å². The topological polar surface area (TPSA) is 213 Å². The van der Waals surface area contributed by atoms with Gasteiger partial charge in [0, 0.05) is 29.8 Å². The SMILES string of the molecule is Cc1cc([N+](=O)[O-])ccc1-c1ccc(/C=N\NC(=O)[C@@H](NC(=O)c2cc([N+](=O)[O-])cc([N+](=O)[O-])c2)C(C)C)o1. The van der Waals surface area contributed by atoms with E-state index in [4.69, 9.17) is 4.42 Å². The summed E-state index contributed by atoms with van der Waals surface area (Å²) in [5.41, 5.74) is 1.83. The van der Waals surface area contributed by atoms with E-state index in [0.29, 0.717) is 16.9 Å². The van der Waals surface area contributed by atoms with Crippen molar-refractivity contribution in [3.8, 4) is 11.3 Å². The summed E-state index contributed by atoms with van der Waals surface area (Å²) < 4.78 is 5.67. The highest BCUT2D eigenvalue weighted by Gasteiger charge is 2.27. The first-order chi connectivity index (χ1) is 18.4. The number of amides is 2. The number of non-ortho nitro benzene ring substituents is 3. The van der Waals surface area contributed by atoms with Crippen LogP contribution >= 0.6 is 0 Å². The molecule has 2 amide bonds. The Bertz CT molecular complexity index is 1460. The maximum absolute atomic E-state index is 12.7. The third-order valence-electron chi connectivity index (χ3n) is 5.50. The van der Waals surface area contributed by atoms with Gasteiger partial charge in [-0.2, -0.15) is 5.10 Å². The number of furan rings is 1. The zero-order valence-corrected chi connectivity index (χ0v) is 20.8. The van der Waals surface area contributed by atoms with Gasteiger partial charge in [-0.15, -0.1) is 0 Å². The Morgan fingerprint density at radius 1 is 0.897 bits per heavy atom. The van der Waals surface area contributed by atoms with Gasteiger partial charge >= 0.3 is 0 Å². The number of hydrogen-bond donors (Lipinski definition) is 2. The van der Waals surface area contributed by atoms with Crippen molar-refractivity contribution in [3.05, 3.63) is 95.8 Å². The molecule has 0 aliphatic heterocycles. The Balaban J connectivity index is 1.70. The fourth-order valence-corrected chi connectivity index (χ4v) is 3.53. The number of carbonyl (C=O) groups is 2. The minimum atomic E-state index is -1.14. The number of nitrogens with one attached hydrogen (secondary N) is 2. The van der Waals surface area contributed by atoms with E-state index in [0.717, 1.165) is 18.2 Å². The van der Waals surface area contributed by atoms with Crippen LogP contribution in [0, 0.1) is 43.2 Å². The molecule has 15 nitrogen and oxygen atoms in total. The van der Waals surface area contributed by atoms with Crippen molar-refractivity contribution in [3.63, 3.8) is 0 Å². The molecule has 1 atom stereocenters. The third kappa shape index (κ3) is 6.85. The molecule has 0 aliphatic rings. The van der Waals surface area contributed by atoms with Gasteiger partial charge in [-0.25, -0.2) is 5.43 Å². The summed E-state index contributed by atoms with van der Waals surface area (Å²) in [6.07, 6.45) is 1.21. The first-order valence-electron chi connectivity index (χ1n) is 11.3. The van der Waals surface area contributed by atoms with E-state index in [-0.39, 0.29) is 17.0 Å². The van der Waals surface area contributed by atoms with Crippen LogP contribution in [0.1, 0.15) is 35.5 Å². The second-order valence-corrected chi connectivity index (χ2v) is 8.64. The highest BCUT2D eigenvalue weighted by atomic mass is 16.6. The standard InChI is InChI=1S/C24H22N6O9/c1-13(2)22(26-23(31)15-9-17(29(35)36)11-18(10-15)30(37)38)24(32)27-25-12-19-5-7-21(39-19)20-6-4-16(28(33)34)8-14(20)3/h4-13,22H,1-3H3,(H,26,31)(H,27,32)/b25-12-/t22-/m0/s1. The second-order valence-electron chi connectivity index (χ2n) is 8.64. The van der Waals surface area contributed by atoms with E-state index >= 15 is 0 Å². The van der Waals surface area contributed by atoms with E-state index in [1.807, 2.05) is 0 Å². The second kappa shape index (κ2) is 11.7. The molecule has 0 saturated carbocycles. The van der Waals surface area contributed by atoms with Crippen LogP contribution in [0.5, 0.6) is 0 Å². The average molecular weight is 538 g/mol. The molecule has 3 aromatic rings. The highest BCUT2D eigenvalue weighted by Crippen LogP contribution is 2.28. The molecule has 2 N–H and O–H groups in total. The van der Waals surface area contributed by atoms with Crippen LogP contribution in [0.2, 0.25) is 0 Å². The molecule has 1 heterocycles. The first-order valence-corrected chi connectivity index (χ1v) is 11.3. The van der Waals surface area contributed by atoms with Gasteiger partial charge in [0.2, 0.25) is 0 Å². The monoisotopic (exact) mass is 538 g/mol. The van der Waals surface area contributed by atoms with Crippen molar-refractivity contribution in [2.24, 2.45) is 11.0 Å². The van der Waals surface area contributed by atoms with E-state index in [1.54, 1.807) is 39.0 Å². The van der Waals surface area contributed by atoms with Crippen molar-refractivity contribution < 1.29 is 28.8 Å². The number of nitro benzene ring substituents is 3. The summed E-state index contributed by atoms with van der Waals surface area (Å²) >= 11 is 0. The van der Waals surface area contributed by atoms with Gasteiger partial charge < -0.3 is 9.73 Å². The van der Waals surface area contributed by atoms with Crippen LogP contribution in [-0.4, -0.2) is 38.8 Å². The minimum absolute atomic E-state index is 0.0530. The lowest BCUT2D eigenvalue weighted by molar-refractivity contribution is -0.394. The molecule has 0 saturated heterocycles. The molecule has 0 aliphatic carbocycles. The van der Waals surface area contributed by atoms with Crippen molar-refractivity contribution in [1.82, 2.24) is 10.7 Å². The molecule has 15 heteroatoms. The van der Waals surface area contributed by atoms with Gasteiger partial charge in [0.1, 0.15) is 17.6 Å². The third-order valence-corrected chi connectivity index (χ3v) is 5.50. The van der Waals surface area contributed by atoms with Gasteiger partial charge in [-0.3, -0.25) is 39.9 Å². The minimum Gasteiger partial charge on any atom is -0.455 e. The van der Waals surface area contributed by atoms with Crippen LogP contribution in [-0.2, 0) is 4.79 Å². The van der Waals surface area contributed by atoms with Gasteiger partial charge in [0.15, 0.2) is 0 Å². The fourth-order valence-electron chi connectivity index (χ4n) is 3.53. The Hall–Kier alpha value is -5.47. The smallest absolute Gasteiger partial charge is 0.277 e. The van der Waals surface area contributed by atoms with Gasteiger partial charge in [-0.1, -0.05) is 13.8 Å². The van der Waals surface area contributed by atoms with Crippen LogP contribution in [0.3, 0.4) is 0 Å². The van der Waals surface area contributed by atoms with Gasteiger partial charge in [-0.05, 0) is 36.6 Å². The Morgan fingerprint density at radius 2 is 1.51 bits per heavy atom. The van der Waals surface area contributed by atoms with E-state index < -0.39 is 49.9 Å². The number of rotatable bonds is 10. The normalized spacial score (nSPS) is 11.8. The fraction of sp³-hybridized carbons (Fsp3) is 0.208. The van der Waals surface area contributed by atoms with E-state index in [9.17, 15) is 39.9 Å². The zero-order chi connectivity index (χ0) is 28.9. The molecule has 0 unspecified atom stereocenters. The number of hydrogen-bond acceptors (Lipinski definition) is 10. The first kappa shape index (κ1) is 28.1. The number of carbonyl (C=O) groups excluding carboxylic acids is 2. The summed E-state index contributed by atoms with van der Waals surface area (Å²) in [4.78, 5) is 56.3. The number of aryl methyl sites for hydroxylation is 1. The van der Waals surface area contributed by atoms with Gasteiger partial charge in [0.05, 0.1) is 32.6 Å². The maximum Gasteiger partial charge on any atom is 0.277 e. The van der Waals surface area contributed by atoms with Crippen molar-refractivity contribution in [2.75, 3.05) is 0 Å². The average Bonchev–Trinajstić information content (AvgIpc) is 3.34. The molecule has 3 rings (SSSR count). The quantitative estimate of drug-likeness (QED) is 0.217. The molecular formula is C24H22N6O9. The molecular weight excluding hydrogens is 516 g/mol. The lowest BCUT2D eigenvalue weighted by Crippen LogP contribution is -2.48. The van der Waals surface area contributed by atoms with Crippen LogP contribution < -0.4 is 10.7 Å². The summed E-state index contributed by atoms with van der Waals surface area (Å²) in [7, 11) is 0. The maximum atomic E-state index is 12.7. The molecule has 0 radical (unpaired) electrons. The van der Waals surface area contributed by atoms with Crippen molar-refractivity contribution >= 4 is 35.1 Å². The number of nitro groups is 3. The summed E-state index contributed by atoms with van der Waals surface area (Å²) in [5.74, 6) is -1.40. The Morgan fingerprint density at radius 3 is 2.05 bits per heavy atom. The van der Waals surface area contributed by atoms with Crippen LogP contribution in [0.15, 0.2) is 58.0 Å². The molecule has 39 heavy (non-hydrogen) atoms. The largest absolute Gasteiger partial charge is 0.455 e. The predicted octanol–water partition coefficient (Wildman–Crippen LogP) is 3.88. The number of benzene rings is 2. The Kier molecular flexibility index (Phi) is 8.45. The summed E-state index contributed by atoms with van der Waals surface area (Å²) in [5, 5.41) is 39.4. The highest BCUT2D eigenvalue weighted by molar-refractivity contribution is 5.98. The lowest BCUT2D eigenvalue weighted by atomic mass is 10.0. The Labute approximate surface area is 220 Å². The van der Waals surface area contributed by atoms with E-state index in [2.05, 4.69) is 15.8 Å². The molecule has 202 valence electrons. The molecule has 0 bridgehead atoms.